The first-order valence-electron chi connectivity index (χ1n) is 7.01. The zero-order chi connectivity index (χ0) is 15.3. The van der Waals surface area contributed by atoms with Gasteiger partial charge in [0.15, 0.2) is 6.61 Å². The quantitative estimate of drug-likeness (QED) is 0.823. The second-order valence-corrected chi connectivity index (χ2v) is 6.90. The number of ether oxygens (including phenoxy) is 1. The van der Waals surface area contributed by atoms with Crippen molar-refractivity contribution in [2.45, 2.75) is 43.0 Å². The molecule has 0 radical (unpaired) electrons. The Balaban J connectivity index is 2.00. The normalized spacial score (nSPS) is 16.6. The Morgan fingerprint density at radius 1 is 1.19 bits per heavy atom. The monoisotopic (exact) mass is 312 g/mol. The number of amides is 1. The lowest BCUT2D eigenvalue weighted by Gasteiger charge is -2.22. The van der Waals surface area contributed by atoms with E-state index in [0.717, 1.165) is 25.7 Å². The summed E-state index contributed by atoms with van der Waals surface area (Å²) < 4.78 is 32.3. The molecule has 116 valence electrons. The third kappa shape index (κ3) is 4.71. The van der Waals surface area contributed by atoms with Crippen LogP contribution in [0.15, 0.2) is 29.2 Å². The molecule has 1 aromatic rings. The fourth-order valence-electron chi connectivity index (χ4n) is 2.38. The molecular formula is C14H20N2O4S. The molecule has 0 aliphatic heterocycles. The van der Waals surface area contributed by atoms with Crippen molar-refractivity contribution in [3.63, 3.8) is 0 Å². The Morgan fingerprint density at radius 3 is 2.38 bits per heavy atom. The molecule has 0 spiro atoms. The Morgan fingerprint density at radius 2 is 1.81 bits per heavy atom. The lowest BCUT2D eigenvalue weighted by Crippen LogP contribution is -2.36. The molecule has 2 rings (SSSR count). The SMILES string of the molecule is NC(=O)COc1ccc(S(=O)(=O)NC2CCCCC2)cc1. The molecule has 1 amide bonds. The van der Waals surface area contributed by atoms with E-state index in [4.69, 9.17) is 10.5 Å². The standard InChI is InChI=1S/C14H20N2O4S/c15-14(17)10-20-12-6-8-13(9-7-12)21(18,19)16-11-4-2-1-3-5-11/h6-9,11,16H,1-5,10H2,(H2,15,17). The maximum Gasteiger partial charge on any atom is 0.255 e. The van der Waals surface area contributed by atoms with Crippen LogP contribution in [-0.2, 0) is 14.8 Å². The number of primary amides is 1. The fourth-order valence-corrected chi connectivity index (χ4v) is 3.68. The largest absolute Gasteiger partial charge is 0.484 e. The van der Waals surface area contributed by atoms with E-state index >= 15 is 0 Å². The highest BCUT2D eigenvalue weighted by Gasteiger charge is 2.21. The van der Waals surface area contributed by atoms with E-state index < -0.39 is 15.9 Å². The topological polar surface area (TPSA) is 98.5 Å². The van der Waals surface area contributed by atoms with Crippen LogP contribution in [0.2, 0.25) is 0 Å². The van der Waals surface area contributed by atoms with E-state index in [9.17, 15) is 13.2 Å². The molecule has 6 nitrogen and oxygen atoms in total. The molecule has 7 heteroatoms. The van der Waals surface area contributed by atoms with Gasteiger partial charge in [0.05, 0.1) is 4.90 Å². The maximum absolute atomic E-state index is 12.3. The Labute approximate surface area is 124 Å². The summed E-state index contributed by atoms with van der Waals surface area (Å²) >= 11 is 0. The third-order valence-corrected chi connectivity index (χ3v) is 4.98. The number of carbonyl (C=O) groups is 1. The Hall–Kier alpha value is -1.60. The molecule has 0 atom stereocenters. The average molecular weight is 312 g/mol. The molecule has 3 N–H and O–H groups in total. The number of hydrogen-bond donors (Lipinski definition) is 2. The Kier molecular flexibility index (Phi) is 5.19. The van der Waals surface area contributed by atoms with Gasteiger partial charge in [-0.15, -0.1) is 0 Å². The molecule has 1 aliphatic carbocycles. The molecule has 1 saturated carbocycles. The van der Waals surface area contributed by atoms with Gasteiger partial charge in [-0.3, -0.25) is 4.79 Å². The summed E-state index contributed by atoms with van der Waals surface area (Å²) in [6, 6.07) is 5.97. The van der Waals surface area contributed by atoms with Gasteiger partial charge in [-0.05, 0) is 37.1 Å². The number of carbonyl (C=O) groups excluding carboxylic acids is 1. The third-order valence-electron chi connectivity index (χ3n) is 3.44. The van der Waals surface area contributed by atoms with Crippen LogP contribution in [0.3, 0.4) is 0 Å². The minimum atomic E-state index is -3.51. The van der Waals surface area contributed by atoms with E-state index in [1.165, 1.54) is 30.7 Å². The first-order valence-corrected chi connectivity index (χ1v) is 8.49. The Bertz CT molecular complexity index is 577. The number of sulfonamides is 1. The molecule has 21 heavy (non-hydrogen) atoms. The zero-order valence-corrected chi connectivity index (χ0v) is 12.6. The van der Waals surface area contributed by atoms with Gasteiger partial charge in [-0.25, -0.2) is 13.1 Å². The molecule has 0 aromatic heterocycles. The first kappa shape index (κ1) is 15.8. The van der Waals surface area contributed by atoms with E-state index in [1.54, 1.807) is 0 Å². The second-order valence-electron chi connectivity index (χ2n) is 5.18. The van der Waals surface area contributed by atoms with E-state index in [2.05, 4.69) is 4.72 Å². The fraction of sp³-hybridized carbons (Fsp3) is 0.500. The van der Waals surface area contributed by atoms with Gasteiger partial charge in [0.2, 0.25) is 10.0 Å². The minimum absolute atomic E-state index is 0.0227. The second kappa shape index (κ2) is 6.91. The van der Waals surface area contributed by atoms with Crippen LogP contribution in [0.4, 0.5) is 0 Å². The first-order chi connectivity index (χ1) is 9.97. The number of hydrogen-bond acceptors (Lipinski definition) is 4. The van der Waals surface area contributed by atoms with Crippen LogP contribution >= 0.6 is 0 Å². The van der Waals surface area contributed by atoms with Crippen molar-refractivity contribution in [3.05, 3.63) is 24.3 Å². The molecular weight excluding hydrogens is 292 g/mol. The van der Waals surface area contributed by atoms with Crippen LogP contribution in [0.1, 0.15) is 32.1 Å². The predicted octanol–water partition coefficient (Wildman–Crippen LogP) is 1.16. The average Bonchev–Trinajstić information content (AvgIpc) is 2.46. The molecule has 0 bridgehead atoms. The van der Waals surface area contributed by atoms with Crippen molar-refractivity contribution in [1.29, 1.82) is 0 Å². The van der Waals surface area contributed by atoms with Gasteiger partial charge < -0.3 is 10.5 Å². The molecule has 1 fully saturated rings. The number of nitrogens with one attached hydrogen (secondary N) is 1. The summed E-state index contributed by atoms with van der Waals surface area (Å²) in [5, 5.41) is 0. The van der Waals surface area contributed by atoms with Crippen molar-refractivity contribution < 1.29 is 17.9 Å². The number of benzene rings is 1. The lowest BCUT2D eigenvalue weighted by molar-refractivity contribution is -0.119. The summed E-state index contributed by atoms with van der Waals surface area (Å²) in [4.78, 5) is 10.8. The van der Waals surface area contributed by atoms with Crippen LogP contribution < -0.4 is 15.2 Å². The van der Waals surface area contributed by atoms with E-state index in [1.807, 2.05) is 0 Å². The van der Waals surface area contributed by atoms with Crippen molar-refractivity contribution >= 4 is 15.9 Å². The van der Waals surface area contributed by atoms with Crippen LogP contribution in [-0.4, -0.2) is 27.0 Å². The smallest absolute Gasteiger partial charge is 0.255 e. The zero-order valence-electron chi connectivity index (χ0n) is 11.7. The highest BCUT2D eigenvalue weighted by molar-refractivity contribution is 7.89. The van der Waals surface area contributed by atoms with Crippen LogP contribution in [0.25, 0.3) is 0 Å². The summed E-state index contributed by atoms with van der Waals surface area (Å²) in [6.45, 7) is -0.230. The molecule has 1 aromatic carbocycles. The highest BCUT2D eigenvalue weighted by atomic mass is 32.2. The van der Waals surface area contributed by atoms with E-state index in [-0.39, 0.29) is 17.5 Å². The minimum Gasteiger partial charge on any atom is -0.484 e. The van der Waals surface area contributed by atoms with Gasteiger partial charge >= 0.3 is 0 Å². The van der Waals surface area contributed by atoms with Gasteiger partial charge in [0.25, 0.3) is 5.91 Å². The van der Waals surface area contributed by atoms with Crippen molar-refractivity contribution in [1.82, 2.24) is 4.72 Å². The molecule has 0 unspecified atom stereocenters. The summed E-state index contributed by atoms with van der Waals surface area (Å²) in [6.07, 6.45) is 5.07. The van der Waals surface area contributed by atoms with Gasteiger partial charge in [-0.2, -0.15) is 0 Å². The number of nitrogens with two attached hydrogens (primary N) is 1. The van der Waals surface area contributed by atoms with Crippen molar-refractivity contribution in [2.75, 3.05) is 6.61 Å². The van der Waals surface area contributed by atoms with Gasteiger partial charge in [0.1, 0.15) is 5.75 Å². The van der Waals surface area contributed by atoms with Gasteiger partial charge in [-0.1, -0.05) is 19.3 Å². The molecule has 0 heterocycles. The molecule has 0 saturated heterocycles. The predicted molar refractivity (Wildman–Crippen MR) is 78.3 cm³/mol. The van der Waals surface area contributed by atoms with Gasteiger partial charge in [0, 0.05) is 6.04 Å². The van der Waals surface area contributed by atoms with Crippen molar-refractivity contribution in [3.8, 4) is 5.75 Å². The lowest BCUT2D eigenvalue weighted by atomic mass is 9.96. The summed E-state index contributed by atoms with van der Waals surface area (Å²) in [7, 11) is -3.51. The van der Waals surface area contributed by atoms with Crippen molar-refractivity contribution in [2.24, 2.45) is 5.73 Å². The number of rotatable bonds is 6. The highest BCUT2D eigenvalue weighted by Crippen LogP contribution is 2.21. The maximum atomic E-state index is 12.3. The summed E-state index contributed by atoms with van der Waals surface area (Å²) in [5.41, 5.74) is 4.97. The van der Waals surface area contributed by atoms with Crippen LogP contribution in [0, 0.1) is 0 Å². The summed E-state index contributed by atoms with van der Waals surface area (Å²) in [5.74, 6) is -0.170. The molecule has 1 aliphatic rings. The van der Waals surface area contributed by atoms with E-state index in [0.29, 0.717) is 5.75 Å². The van der Waals surface area contributed by atoms with Crippen LogP contribution in [0.5, 0.6) is 5.75 Å².